The van der Waals surface area contributed by atoms with Gasteiger partial charge in [0.1, 0.15) is 0 Å². The molecule has 0 aromatic heterocycles. The Balaban J connectivity index is 1.30. The molecule has 0 spiro atoms. The Hall–Kier alpha value is -3.90. The summed E-state index contributed by atoms with van der Waals surface area (Å²) < 4.78 is 0. The molecule has 2 atom stereocenters. The van der Waals surface area contributed by atoms with E-state index in [0.29, 0.717) is 6.04 Å². The SMILES string of the molecule is NC1CCCCC1N(Cc1ccccc1P(c1ccccc1)c1ccccc1)Cc1ccccc1P(c1ccccc1)c1ccccc1. The Labute approximate surface area is 289 Å². The normalized spacial score (nSPS) is 16.4. The lowest BCUT2D eigenvalue weighted by molar-refractivity contribution is 0.122. The van der Waals surface area contributed by atoms with E-state index in [1.165, 1.54) is 55.8 Å². The van der Waals surface area contributed by atoms with Crippen molar-refractivity contribution < 1.29 is 0 Å². The molecule has 2 nitrogen and oxygen atoms in total. The van der Waals surface area contributed by atoms with Crippen LogP contribution in [0, 0.1) is 0 Å². The van der Waals surface area contributed by atoms with Crippen LogP contribution in [0.5, 0.6) is 0 Å². The summed E-state index contributed by atoms with van der Waals surface area (Å²) in [6.45, 7) is 1.74. The molecular weight excluding hydrogens is 618 g/mol. The van der Waals surface area contributed by atoms with E-state index in [1.54, 1.807) is 0 Å². The molecule has 0 radical (unpaired) electrons. The highest BCUT2D eigenvalue weighted by molar-refractivity contribution is 7.80. The summed E-state index contributed by atoms with van der Waals surface area (Å²) in [5.41, 5.74) is 9.82. The highest BCUT2D eigenvalue weighted by Gasteiger charge is 2.30. The van der Waals surface area contributed by atoms with Gasteiger partial charge in [-0.05, 0) is 71.6 Å². The molecule has 1 aliphatic rings. The third-order valence-corrected chi connectivity index (χ3v) is 14.6. The molecule has 2 N–H and O–H groups in total. The molecule has 1 saturated carbocycles. The van der Waals surface area contributed by atoms with Gasteiger partial charge in [0.15, 0.2) is 0 Å². The fraction of sp³-hybridized carbons (Fsp3) is 0.182. The first-order chi connectivity index (χ1) is 23.8. The van der Waals surface area contributed by atoms with Crippen LogP contribution in [0.1, 0.15) is 36.8 Å². The van der Waals surface area contributed by atoms with Crippen LogP contribution < -0.4 is 37.6 Å². The molecule has 0 saturated heterocycles. The Bertz CT molecular complexity index is 1660. The van der Waals surface area contributed by atoms with E-state index in [2.05, 4.69) is 175 Å². The molecule has 4 heteroatoms. The highest BCUT2D eigenvalue weighted by atomic mass is 31.1. The minimum absolute atomic E-state index is 0.174. The molecule has 6 aromatic carbocycles. The Kier molecular flexibility index (Phi) is 10.9. The molecular formula is C44H44N2P2. The van der Waals surface area contributed by atoms with Crippen molar-refractivity contribution in [3.8, 4) is 0 Å². The number of hydrogen-bond acceptors (Lipinski definition) is 2. The number of benzene rings is 6. The third-order valence-electron chi connectivity index (χ3n) is 9.52. The maximum absolute atomic E-state index is 7.01. The van der Waals surface area contributed by atoms with Crippen LogP contribution in [0.3, 0.4) is 0 Å². The van der Waals surface area contributed by atoms with Crippen molar-refractivity contribution in [3.63, 3.8) is 0 Å². The largest absolute Gasteiger partial charge is 0.326 e. The van der Waals surface area contributed by atoms with Crippen molar-refractivity contribution in [2.75, 3.05) is 0 Å². The van der Waals surface area contributed by atoms with Crippen LogP contribution in [0.25, 0.3) is 0 Å². The molecule has 0 aliphatic heterocycles. The zero-order valence-corrected chi connectivity index (χ0v) is 29.3. The van der Waals surface area contributed by atoms with Crippen molar-refractivity contribution in [1.82, 2.24) is 4.90 Å². The van der Waals surface area contributed by atoms with Gasteiger partial charge < -0.3 is 5.73 Å². The van der Waals surface area contributed by atoms with Crippen LogP contribution in [0.15, 0.2) is 170 Å². The van der Waals surface area contributed by atoms with Crippen LogP contribution >= 0.6 is 15.8 Å². The third kappa shape index (κ3) is 7.54. The van der Waals surface area contributed by atoms with Crippen molar-refractivity contribution in [3.05, 3.63) is 181 Å². The van der Waals surface area contributed by atoms with Gasteiger partial charge in [0.2, 0.25) is 0 Å². The van der Waals surface area contributed by atoms with Crippen molar-refractivity contribution in [2.24, 2.45) is 5.73 Å². The predicted octanol–water partition coefficient (Wildman–Crippen LogP) is 7.48. The van der Waals surface area contributed by atoms with Gasteiger partial charge in [-0.3, -0.25) is 4.90 Å². The molecule has 6 aromatic rings. The first-order valence-electron chi connectivity index (χ1n) is 17.2. The fourth-order valence-electron chi connectivity index (χ4n) is 7.21. The molecule has 1 fully saturated rings. The van der Waals surface area contributed by atoms with Crippen molar-refractivity contribution >= 4 is 47.7 Å². The minimum Gasteiger partial charge on any atom is -0.326 e. The monoisotopic (exact) mass is 662 g/mol. The van der Waals surface area contributed by atoms with E-state index in [1.807, 2.05) is 0 Å². The molecule has 48 heavy (non-hydrogen) atoms. The van der Waals surface area contributed by atoms with E-state index in [-0.39, 0.29) is 6.04 Å². The second kappa shape index (κ2) is 16.0. The number of nitrogens with two attached hydrogens (primary N) is 1. The van der Waals surface area contributed by atoms with Gasteiger partial charge in [-0.1, -0.05) is 183 Å². The lowest BCUT2D eigenvalue weighted by Crippen LogP contribution is -2.49. The van der Waals surface area contributed by atoms with Crippen LogP contribution in [-0.4, -0.2) is 17.0 Å². The second-order valence-corrected chi connectivity index (χ2v) is 17.1. The molecule has 1 aliphatic carbocycles. The highest BCUT2D eigenvalue weighted by Crippen LogP contribution is 2.37. The summed E-state index contributed by atoms with van der Waals surface area (Å²) in [7, 11) is -1.43. The maximum Gasteiger partial charge on any atom is 0.0254 e. The van der Waals surface area contributed by atoms with Gasteiger partial charge in [0.25, 0.3) is 0 Å². The number of nitrogens with zero attached hydrogens (tertiary/aromatic N) is 1. The van der Waals surface area contributed by atoms with E-state index in [0.717, 1.165) is 25.9 Å². The standard InChI is InChI=1S/C44H44N2P2/c45-41-29-15-16-30-42(41)46(33-35-19-13-17-31-43(35)47(37-21-5-1-6-22-37)38-23-7-2-8-24-38)34-36-20-14-18-32-44(36)48(39-25-9-3-10-26-39)40-27-11-4-12-28-40/h1-14,17-28,31-32,41-42H,15-16,29-30,33-34,45H2. The van der Waals surface area contributed by atoms with Gasteiger partial charge in [-0.25, -0.2) is 0 Å². The second-order valence-electron chi connectivity index (χ2n) is 12.7. The molecule has 0 amide bonds. The zero-order chi connectivity index (χ0) is 32.5. The first-order valence-corrected chi connectivity index (χ1v) is 19.9. The van der Waals surface area contributed by atoms with Gasteiger partial charge in [-0.2, -0.15) is 0 Å². The van der Waals surface area contributed by atoms with E-state index < -0.39 is 15.8 Å². The Morgan fingerprint density at radius 1 is 0.438 bits per heavy atom. The van der Waals surface area contributed by atoms with Gasteiger partial charge in [0, 0.05) is 25.2 Å². The summed E-state index contributed by atoms with van der Waals surface area (Å²) in [6, 6.07) is 63.2. The predicted molar refractivity (Wildman–Crippen MR) is 210 cm³/mol. The van der Waals surface area contributed by atoms with Crippen molar-refractivity contribution in [1.29, 1.82) is 0 Å². The van der Waals surface area contributed by atoms with Crippen LogP contribution in [-0.2, 0) is 13.1 Å². The Morgan fingerprint density at radius 3 is 1.15 bits per heavy atom. The summed E-state index contributed by atoms with van der Waals surface area (Å²) in [4.78, 5) is 2.73. The van der Waals surface area contributed by atoms with Crippen LogP contribution in [0.2, 0.25) is 0 Å². The minimum atomic E-state index is -0.717. The van der Waals surface area contributed by atoms with E-state index in [4.69, 9.17) is 5.73 Å². The number of rotatable bonds is 11. The van der Waals surface area contributed by atoms with E-state index in [9.17, 15) is 0 Å². The van der Waals surface area contributed by atoms with E-state index >= 15 is 0 Å². The van der Waals surface area contributed by atoms with Gasteiger partial charge in [0.05, 0.1) is 0 Å². The van der Waals surface area contributed by atoms with Gasteiger partial charge in [-0.15, -0.1) is 0 Å². The Morgan fingerprint density at radius 2 is 0.771 bits per heavy atom. The zero-order valence-electron chi connectivity index (χ0n) is 27.5. The molecule has 7 rings (SSSR count). The summed E-state index contributed by atoms with van der Waals surface area (Å²) >= 11 is 0. The fourth-order valence-corrected chi connectivity index (χ4v) is 12.1. The quantitative estimate of drug-likeness (QED) is 0.146. The summed E-state index contributed by atoms with van der Waals surface area (Å²) in [6.07, 6.45) is 4.69. The van der Waals surface area contributed by atoms with Gasteiger partial charge >= 0.3 is 0 Å². The first kappa shape index (κ1) is 32.6. The lowest BCUT2D eigenvalue weighted by atomic mass is 9.89. The molecule has 0 bridgehead atoms. The summed E-state index contributed by atoms with van der Waals surface area (Å²) in [5, 5.41) is 8.40. The topological polar surface area (TPSA) is 29.3 Å². The molecule has 240 valence electrons. The average molecular weight is 663 g/mol. The smallest absolute Gasteiger partial charge is 0.0254 e. The molecule has 2 unspecified atom stereocenters. The number of hydrogen-bond donors (Lipinski definition) is 1. The lowest BCUT2D eigenvalue weighted by Gasteiger charge is -2.39. The summed E-state index contributed by atoms with van der Waals surface area (Å²) in [5.74, 6) is 0. The van der Waals surface area contributed by atoms with Crippen molar-refractivity contribution in [2.45, 2.75) is 50.9 Å². The average Bonchev–Trinajstić information content (AvgIpc) is 3.15. The molecule has 0 heterocycles. The van der Waals surface area contributed by atoms with Crippen LogP contribution in [0.4, 0.5) is 0 Å². The maximum atomic E-state index is 7.01.